The highest BCUT2D eigenvalue weighted by atomic mass is 16.5. The number of fused-ring (bicyclic) bond motifs is 1. The van der Waals surface area contributed by atoms with Gasteiger partial charge in [-0.25, -0.2) is 4.98 Å². The molecule has 0 amide bonds. The summed E-state index contributed by atoms with van der Waals surface area (Å²) < 4.78 is 8.35. The summed E-state index contributed by atoms with van der Waals surface area (Å²) in [6.07, 6.45) is 8.55. The summed E-state index contributed by atoms with van der Waals surface area (Å²) in [7, 11) is 0. The molecule has 4 nitrogen and oxygen atoms in total. The Morgan fingerprint density at radius 1 is 1.09 bits per heavy atom. The molecule has 1 aromatic carbocycles. The first-order chi connectivity index (χ1) is 15.8. The van der Waals surface area contributed by atoms with Crippen molar-refractivity contribution in [2.24, 2.45) is 11.8 Å². The van der Waals surface area contributed by atoms with Crippen LogP contribution in [0.25, 0.3) is 28.0 Å². The molecule has 5 rings (SSSR count). The van der Waals surface area contributed by atoms with E-state index < -0.39 is 0 Å². The lowest BCUT2D eigenvalue weighted by Crippen LogP contribution is -2.36. The lowest BCUT2D eigenvalue weighted by atomic mass is 9.93. The molecular weight excluding hydrogens is 406 g/mol. The predicted octanol–water partition coefficient (Wildman–Crippen LogP) is 7.14. The minimum atomic E-state index is -0.317. The molecule has 2 aromatic heterocycles. The van der Waals surface area contributed by atoms with Crippen LogP contribution in [-0.2, 0) is 11.2 Å². The van der Waals surface area contributed by atoms with Gasteiger partial charge >= 0.3 is 0 Å². The third-order valence-corrected chi connectivity index (χ3v) is 7.06. The first kappa shape index (κ1) is 22.1. The first-order valence-corrected chi connectivity index (χ1v) is 12.6. The normalized spacial score (nSPS) is 19.2. The number of piperidine rings is 1. The molecule has 4 heteroatoms. The van der Waals surface area contributed by atoms with Crippen molar-refractivity contribution in [3.63, 3.8) is 0 Å². The standard InChI is InChI=1S/C29H37N3O/c1-6-21-9-13-26-25(16-21)17-27(32(26)20(2)33-29(3,4)5)23-12-14-28(30-18-23)31-15-7-8-24(19-31)22-10-11-22/h9,12-14,16-18,22,24H,2,6-8,10-11,15,19H2,1,3-5H3. The Labute approximate surface area is 198 Å². The van der Waals surface area contributed by atoms with Gasteiger partial charge in [0, 0.05) is 30.2 Å². The fourth-order valence-electron chi connectivity index (χ4n) is 5.26. The zero-order valence-electron chi connectivity index (χ0n) is 20.6. The van der Waals surface area contributed by atoms with Gasteiger partial charge in [-0.2, -0.15) is 0 Å². The average molecular weight is 444 g/mol. The highest BCUT2D eigenvalue weighted by Gasteiger charge is 2.34. The van der Waals surface area contributed by atoms with E-state index in [0.29, 0.717) is 5.88 Å². The van der Waals surface area contributed by atoms with Gasteiger partial charge in [-0.3, -0.25) is 4.57 Å². The molecule has 0 N–H and O–H groups in total. The van der Waals surface area contributed by atoms with Gasteiger partial charge in [0.05, 0.1) is 11.2 Å². The molecular formula is C29H37N3O. The Morgan fingerprint density at radius 3 is 2.58 bits per heavy atom. The van der Waals surface area contributed by atoms with Crippen LogP contribution < -0.4 is 4.90 Å². The van der Waals surface area contributed by atoms with Crippen LogP contribution >= 0.6 is 0 Å². The van der Waals surface area contributed by atoms with E-state index in [1.807, 2.05) is 6.20 Å². The molecule has 3 aromatic rings. The van der Waals surface area contributed by atoms with Crippen LogP contribution in [0.15, 0.2) is 49.2 Å². The number of ether oxygens (including phenoxy) is 1. The third-order valence-electron chi connectivity index (χ3n) is 7.06. The van der Waals surface area contributed by atoms with Gasteiger partial charge in [0.25, 0.3) is 0 Å². The lowest BCUT2D eigenvalue weighted by Gasteiger charge is -2.33. The molecule has 0 bridgehead atoms. The number of hydrogen-bond donors (Lipinski definition) is 0. The molecule has 1 aliphatic heterocycles. The number of aromatic nitrogens is 2. The van der Waals surface area contributed by atoms with Gasteiger partial charge in [-0.05, 0) is 107 Å². The highest BCUT2D eigenvalue weighted by Crippen LogP contribution is 2.41. The maximum Gasteiger partial charge on any atom is 0.191 e. The van der Waals surface area contributed by atoms with Crippen LogP contribution in [0.4, 0.5) is 5.82 Å². The fraction of sp³-hybridized carbons (Fsp3) is 0.483. The molecule has 33 heavy (non-hydrogen) atoms. The quantitative estimate of drug-likeness (QED) is 0.379. The van der Waals surface area contributed by atoms with Gasteiger partial charge in [-0.15, -0.1) is 0 Å². The molecule has 1 aliphatic carbocycles. The Balaban J connectivity index is 1.49. The second-order valence-electron chi connectivity index (χ2n) is 10.8. The van der Waals surface area contributed by atoms with E-state index in [0.717, 1.165) is 53.9 Å². The van der Waals surface area contributed by atoms with Gasteiger partial charge in [0.2, 0.25) is 0 Å². The van der Waals surface area contributed by atoms with Crippen molar-refractivity contribution in [1.82, 2.24) is 9.55 Å². The Bertz CT molecular complexity index is 1150. The van der Waals surface area contributed by atoms with Crippen molar-refractivity contribution in [2.45, 2.75) is 65.4 Å². The lowest BCUT2D eigenvalue weighted by molar-refractivity contribution is 0.0879. The molecule has 3 heterocycles. The SMILES string of the molecule is C=C(OC(C)(C)C)n1c(-c2ccc(N3CCCC(C4CC4)C3)nc2)cc2cc(CC)ccc21. The van der Waals surface area contributed by atoms with E-state index in [9.17, 15) is 0 Å². The van der Waals surface area contributed by atoms with Crippen LogP contribution in [0.1, 0.15) is 58.9 Å². The van der Waals surface area contributed by atoms with Crippen LogP contribution in [0.2, 0.25) is 0 Å². The fourth-order valence-corrected chi connectivity index (χ4v) is 5.26. The minimum Gasteiger partial charge on any atom is -0.473 e. The maximum absolute atomic E-state index is 6.21. The molecule has 1 atom stereocenters. The Morgan fingerprint density at radius 2 is 1.91 bits per heavy atom. The smallest absolute Gasteiger partial charge is 0.191 e. The summed E-state index contributed by atoms with van der Waals surface area (Å²) in [5.74, 6) is 3.56. The number of benzene rings is 1. The number of pyridine rings is 1. The number of rotatable bonds is 6. The summed E-state index contributed by atoms with van der Waals surface area (Å²) in [6, 6.07) is 13.3. The van der Waals surface area contributed by atoms with Crippen molar-refractivity contribution in [1.29, 1.82) is 0 Å². The van der Waals surface area contributed by atoms with Crippen LogP contribution in [0.5, 0.6) is 0 Å². The zero-order chi connectivity index (χ0) is 23.2. The summed E-state index contributed by atoms with van der Waals surface area (Å²) in [5.41, 5.74) is 4.28. The average Bonchev–Trinajstić information content (AvgIpc) is 3.58. The van der Waals surface area contributed by atoms with Gasteiger partial charge < -0.3 is 9.64 Å². The minimum absolute atomic E-state index is 0.317. The monoisotopic (exact) mass is 443 g/mol. The number of anilines is 1. The van der Waals surface area contributed by atoms with E-state index >= 15 is 0 Å². The molecule has 0 spiro atoms. The number of nitrogens with zero attached hydrogens (tertiary/aromatic N) is 3. The van der Waals surface area contributed by atoms with Crippen LogP contribution in [0, 0.1) is 11.8 Å². The van der Waals surface area contributed by atoms with Crippen molar-refractivity contribution >= 4 is 22.6 Å². The summed E-state index contributed by atoms with van der Waals surface area (Å²) in [6.45, 7) is 14.9. The predicted molar refractivity (Wildman–Crippen MR) is 138 cm³/mol. The summed E-state index contributed by atoms with van der Waals surface area (Å²) in [5, 5.41) is 1.20. The molecule has 174 valence electrons. The number of aryl methyl sites for hydroxylation is 1. The molecule has 1 unspecified atom stereocenters. The number of hydrogen-bond acceptors (Lipinski definition) is 3. The third kappa shape index (κ3) is 4.66. The largest absolute Gasteiger partial charge is 0.473 e. The molecule has 0 radical (unpaired) electrons. The summed E-state index contributed by atoms with van der Waals surface area (Å²) >= 11 is 0. The maximum atomic E-state index is 6.21. The van der Waals surface area contributed by atoms with E-state index in [1.54, 1.807) is 0 Å². The van der Waals surface area contributed by atoms with Crippen molar-refractivity contribution < 1.29 is 4.74 Å². The van der Waals surface area contributed by atoms with E-state index in [-0.39, 0.29) is 5.60 Å². The Kier molecular flexibility index (Phi) is 5.72. The zero-order valence-corrected chi connectivity index (χ0v) is 20.6. The molecule has 2 fully saturated rings. The van der Waals surface area contributed by atoms with Crippen molar-refractivity contribution in [3.8, 4) is 11.3 Å². The molecule has 2 aliphatic rings. The van der Waals surface area contributed by atoms with Crippen LogP contribution in [0.3, 0.4) is 0 Å². The van der Waals surface area contributed by atoms with Gasteiger partial charge in [-0.1, -0.05) is 13.0 Å². The van der Waals surface area contributed by atoms with Gasteiger partial charge in [0.1, 0.15) is 11.4 Å². The topological polar surface area (TPSA) is 30.3 Å². The second-order valence-corrected chi connectivity index (χ2v) is 10.8. The van der Waals surface area contributed by atoms with E-state index in [4.69, 9.17) is 9.72 Å². The molecule has 1 saturated carbocycles. The highest BCUT2D eigenvalue weighted by molar-refractivity contribution is 5.90. The van der Waals surface area contributed by atoms with Gasteiger partial charge in [0.15, 0.2) is 5.88 Å². The Hall–Kier alpha value is -2.75. The van der Waals surface area contributed by atoms with E-state index in [2.05, 4.69) is 80.1 Å². The summed E-state index contributed by atoms with van der Waals surface area (Å²) in [4.78, 5) is 7.40. The van der Waals surface area contributed by atoms with E-state index in [1.165, 1.54) is 36.6 Å². The molecule has 1 saturated heterocycles. The first-order valence-electron chi connectivity index (χ1n) is 12.6. The van der Waals surface area contributed by atoms with Crippen molar-refractivity contribution in [3.05, 3.63) is 54.7 Å². The second kappa shape index (κ2) is 8.55. The van der Waals surface area contributed by atoms with Crippen molar-refractivity contribution in [2.75, 3.05) is 18.0 Å². The van der Waals surface area contributed by atoms with Crippen LogP contribution in [-0.4, -0.2) is 28.2 Å².